The molecule has 0 unspecified atom stereocenters. The van der Waals surface area contributed by atoms with Crippen LogP contribution >= 0.6 is 0 Å². The summed E-state index contributed by atoms with van der Waals surface area (Å²) in [7, 11) is 0. The first-order valence-corrected chi connectivity index (χ1v) is 5.91. The summed E-state index contributed by atoms with van der Waals surface area (Å²) in [6.45, 7) is 3.45. The summed E-state index contributed by atoms with van der Waals surface area (Å²) >= 11 is 0. The molecular weight excluding hydrogens is 264 g/mol. The van der Waals surface area contributed by atoms with Gasteiger partial charge in [-0.3, -0.25) is 4.57 Å². The molecule has 0 radical (unpaired) electrons. The topological polar surface area (TPSA) is 145 Å². The first kappa shape index (κ1) is 12.8. The van der Waals surface area contributed by atoms with Gasteiger partial charge in [-0.2, -0.15) is 9.97 Å². The van der Waals surface area contributed by atoms with E-state index in [1.807, 2.05) is 0 Å². The van der Waals surface area contributed by atoms with Crippen molar-refractivity contribution in [1.29, 1.82) is 0 Å². The highest BCUT2D eigenvalue weighted by molar-refractivity contribution is 5.82. The molecule has 0 amide bonds. The molecule has 0 saturated carbocycles. The minimum absolute atomic E-state index is 0.00164. The van der Waals surface area contributed by atoms with Gasteiger partial charge in [-0.1, -0.05) is 6.58 Å². The van der Waals surface area contributed by atoms with Crippen LogP contribution in [-0.2, 0) is 4.74 Å². The number of rotatable bonds is 2. The average molecular weight is 278 g/mol. The molecular formula is C11H14N6O3. The second-order valence-corrected chi connectivity index (χ2v) is 4.51. The van der Waals surface area contributed by atoms with E-state index in [2.05, 4.69) is 21.5 Å². The Morgan fingerprint density at radius 3 is 2.80 bits per heavy atom. The van der Waals surface area contributed by atoms with Gasteiger partial charge in [0, 0.05) is 0 Å². The molecule has 1 aliphatic heterocycles. The van der Waals surface area contributed by atoms with Crippen LogP contribution in [0.2, 0.25) is 0 Å². The summed E-state index contributed by atoms with van der Waals surface area (Å²) < 4.78 is 7.04. The van der Waals surface area contributed by atoms with Gasteiger partial charge in [0.25, 0.3) is 0 Å². The molecule has 3 atom stereocenters. The van der Waals surface area contributed by atoms with E-state index in [1.54, 1.807) is 0 Å². The number of aromatic nitrogens is 4. The number of hydrogen-bond acceptors (Lipinski definition) is 8. The van der Waals surface area contributed by atoms with Gasteiger partial charge >= 0.3 is 0 Å². The number of hydrogen-bond donors (Lipinski definition) is 4. The van der Waals surface area contributed by atoms with Crippen LogP contribution in [0.3, 0.4) is 0 Å². The van der Waals surface area contributed by atoms with Crippen LogP contribution in [0.5, 0.6) is 0 Å². The quantitative estimate of drug-likeness (QED) is 0.501. The number of fused-ring (bicyclic) bond motifs is 1. The highest BCUT2D eigenvalue weighted by Crippen LogP contribution is 2.34. The Morgan fingerprint density at radius 2 is 2.15 bits per heavy atom. The molecule has 6 N–H and O–H groups in total. The summed E-state index contributed by atoms with van der Waals surface area (Å²) in [5.74, 6) is 0.151. The summed E-state index contributed by atoms with van der Waals surface area (Å²) in [5.41, 5.74) is 12.4. The molecule has 9 heteroatoms. The van der Waals surface area contributed by atoms with Gasteiger partial charge in [0.1, 0.15) is 17.7 Å². The SMILES string of the molecule is C=C1[C@@H](O)[C@H](n2cnc3c(N)nc(N)nc32)O[C@@H]1CO. The lowest BCUT2D eigenvalue weighted by Gasteiger charge is -2.16. The van der Waals surface area contributed by atoms with Crippen LogP contribution in [0.15, 0.2) is 18.5 Å². The summed E-state index contributed by atoms with van der Waals surface area (Å²) in [5, 5.41) is 19.3. The standard InChI is InChI=1S/C11H14N6O3/c1-4-5(2-18)20-10(7(4)19)17-3-14-6-8(12)15-11(13)16-9(6)17/h3,5,7,10,18-19H,1-2H2,(H4,12,13,15,16)/t5-,7-,10-/m1/s1. The van der Waals surface area contributed by atoms with Crippen molar-refractivity contribution in [3.8, 4) is 0 Å². The number of aliphatic hydroxyl groups is 2. The molecule has 1 saturated heterocycles. The summed E-state index contributed by atoms with van der Waals surface area (Å²) in [6, 6.07) is 0. The number of aliphatic hydroxyl groups excluding tert-OH is 2. The minimum atomic E-state index is -0.984. The van der Waals surface area contributed by atoms with E-state index < -0.39 is 18.4 Å². The van der Waals surface area contributed by atoms with Crippen molar-refractivity contribution in [3.63, 3.8) is 0 Å². The summed E-state index contributed by atoms with van der Waals surface area (Å²) in [4.78, 5) is 12.0. The third-order valence-corrected chi connectivity index (χ3v) is 3.27. The second-order valence-electron chi connectivity index (χ2n) is 4.51. The van der Waals surface area contributed by atoms with Crippen molar-refractivity contribution in [2.24, 2.45) is 0 Å². The first-order valence-electron chi connectivity index (χ1n) is 5.91. The lowest BCUT2D eigenvalue weighted by Crippen LogP contribution is -2.20. The van der Waals surface area contributed by atoms with Gasteiger partial charge in [0.15, 0.2) is 17.7 Å². The minimum Gasteiger partial charge on any atom is -0.393 e. The fourth-order valence-corrected chi connectivity index (χ4v) is 2.22. The Bertz CT molecular complexity index is 684. The maximum atomic E-state index is 10.1. The van der Waals surface area contributed by atoms with Crippen LogP contribution in [0, 0.1) is 0 Å². The number of nitrogens with zero attached hydrogens (tertiary/aromatic N) is 4. The maximum absolute atomic E-state index is 10.1. The molecule has 2 aromatic heterocycles. The number of nitrogen functional groups attached to an aromatic ring is 2. The lowest BCUT2D eigenvalue weighted by molar-refractivity contribution is -0.0483. The zero-order chi connectivity index (χ0) is 14.4. The number of anilines is 2. The predicted molar refractivity (Wildman–Crippen MR) is 70.3 cm³/mol. The highest BCUT2D eigenvalue weighted by atomic mass is 16.5. The molecule has 3 rings (SSSR count). The molecule has 2 aromatic rings. The Morgan fingerprint density at radius 1 is 1.40 bits per heavy atom. The zero-order valence-electron chi connectivity index (χ0n) is 10.5. The van der Waals surface area contributed by atoms with E-state index in [1.165, 1.54) is 10.9 Å². The third kappa shape index (κ3) is 1.72. The van der Waals surface area contributed by atoms with Crippen LogP contribution in [0.4, 0.5) is 11.8 Å². The number of imidazole rings is 1. The van der Waals surface area contributed by atoms with Crippen molar-refractivity contribution in [2.45, 2.75) is 18.4 Å². The fraction of sp³-hybridized carbons (Fsp3) is 0.364. The fourth-order valence-electron chi connectivity index (χ4n) is 2.22. The van der Waals surface area contributed by atoms with E-state index >= 15 is 0 Å². The zero-order valence-corrected chi connectivity index (χ0v) is 10.5. The van der Waals surface area contributed by atoms with Crippen LogP contribution in [-0.4, -0.2) is 48.5 Å². The van der Waals surface area contributed by atoms with E-state index in [0.717, 1.165) is 0 Å². The number of ether oxygens (including phenoxy) is 1. The first-order chi connectivity index (χ1) is 9.52. The van der Waals surface area contributed by atoms with Crippen LogP contribution < -0.4 is 11.5 Å². The van der Waals surface area contributed by atoms with E-state index in [-0.39, 0.29) is 18.4 Å². The Kier molecular flexibility index (Phi) is 2.82. The highest BCUT2D eigenvalue weighted by Gasteiger charge is 2.39. The van der Waals surface area contributed by atoms with Gasteiger partial charge in [0.2, 0.25) is 5.95 Å². The van der Waals surface area contributed by atoms with E-state index in [9.17, 15) is 10.2 Å². The summed E-state index contributed by atoms with van der Waals surface area (Å²) in [6.07, 6.45) is -0.986. The van der Waals surface area contributed by atoms with Crippen LogP contribution in [0.25, 0.3) is 11.2 Å². The van der Waals surface area contributed by atoms with Crippen molar-refractivity contribution in [3.05, 3.63) is 18.5 Å². The Labute approximate surface area is 113 Å². The van der Waals surface area contributed by atoms with Gasteiger partial charge in [-0.05, 0) is 5.57 Å². The average Bonchev–Trinajstić information content (AvgIpc) is 2.93. The second kappa shape index (κ2) is 4.40. The van der Waals surface area contributed by atoms with E-state index in [4.69, 9.17) is 16.2 Å². The number of nitrogens with two attached hydrogens (primary N) is 2. The molecule has 0 bridgehead atoms. The van der Waals surface area contributed by atoms with Crippen molar-refractivity contribution < 1.29 is 14.9 Å². The van der Waals surface area contributed by atoms with Crippen LogP contribution in [0.1, 0.15) is 6.23 Å². The molecule has 3 heterocycles. The third-order valence-electron chi connectivity index (χ3n) is 3.27. The molecule has 0 aromatic carbocycles. The molecule has 106 valence electrons. The smallest absolute Gasteiger partial charge is 0.224 e. The molecule has 0 aliphatic carbocycles. The van der Waals surface area contributed by atoms with Gasteiger partial charge in [0.05, 0.1) is 12.9 Å². The van der Waals surface area contributed by atoms with Gasteiger partial charge < -0.3 is 26.4 Å². The predicted octanol–water partition coefficient (Wildman–Crippen LogP) is -1.20. The normalized spacial score (nSPS) is 26.5. The molecule has 20 heavy (non-hydrogen) atoms. The van der Waals surface area contributed by atoms with E-state index in [0.29, 0.717) is 16.7 Å². The Balaban J connectivity index is 2.09. The van der Waals surface area contributed by atoms with Crippen molar-refractivity contribution in [1.82, 2.24) is 19.5 Å². The largest absolute Gasteiger partial charge is 0.393 e. The molecule has 1 fully saturated rings. The lowest BCUT2D eigenvalue weighted by atomic mass is 10.1. The molecule has 1 aliphatic rings. The van der Waals surface area contributed by atoms with Gasteiger partial charge in [-0.25, -0.2) is 4.98 Å². The molecule has 0 spiro atoms. The van der Waals surface area contributed by atoms with Crippen molar-refractivity contribution >= 4 is 22.9 Å². The van der Waals surface area contributed by atoms with Gasteiger partial charge in [-0.15, -0.1) is 0 Å². The Hall–Kier alpha value is -2.23. The monoisotopic (exact) mass is 278 g/mol. The maximum Gasteiger partial charge on any atom is 0.224 e. The van der Waals surface area contributed by atoms with Crippen molar-refractivity contribution in [2.75, 3.05) is 18.1 Å². The molecule has 9 nitrogen and oxygen atoms in total.